The molecule has 2 aromatic carbocycles. The van der Waals surface area contributed by atoms with E-state index in [9.17, 15) is 9.59 Å². The summed E-state index contributed by atoms with van der Waals surface area (Å²) in [7, 11) is 0. The molecule has 0 bridgehead atoms. The third kappa shape index (κ3) is 4.49. The zero-order valence-corrected chi connectivity index (χ0v) is 19.9. The van der Waals surface area contributed by atoms with Crippen molar-refractivity contribution < 1.29 is 9.53 Å². The van der Waals surface area contributed by atoms with Crippen molar-refractivity contribution in [3.05, 3.63) is 92.1 Å². The van der Waals surface area contributed by atoms with Crippen LogP contribution in [0.2, 0.25) is 0 Å². The second-order valence-corrected chi connectivity index (χ2v) is 9.38. The Labute approximate surface area is 195 Å². The van der Waals surface area contributed by atoms with Crippen LogP contribution >= 0.6 is 23.1 Å². The van der Waals surface area contributed by atoms with E-state index >= 15 is 0 Å². The monoisotopic (exact) mass is 464 g/mol. The number of benzene rings is 2. The summed E-state index contributed by atoms with van der Waals surface area (Å²) in [4.78, 5) is 31.9. The molecule has 0 amide bonds. The molecule has 164 valence electrons. The Kier molecular flexibility index (Phi) is 6.77. The van der Waals surface area contributed by atoms with Crippen LogP contribution in [0.3, 0.4) is 0 Å². The molecule has 0 atom stereocenters. The first kappa shape index (κ1) is 22.3. The number of thiophene rings is 1. The van der Waals surface area contributed by atoms with Crippen molar-refractivity contribution in [2.45, 2.75) is 38.2 Å². The van der Waals surface area contributed by atoms with Crippen LogP contribution in [0.4, 0.5) is 0 Å². The number of aryl methyl sites for hydroxylation is 2. The summed E-state index contributed by atoms with van der Waals surface area (Å²) in [6.45, 7) is 6.35. The second-order valence-electron chi connectivity index (χ2n) is 7.44. The van der Waals surface area contributed by atoms with Gasteiger partial charge in [0, 0.05) is 5.75 Å². The lowest BCUT2D eigenvalue weighted by Gasteiger charge is -2.13. The highest BCUT2D eigenvalue weighted by Crippen LogP contribution is 2.31. The smallest absolute Gasteiger partial charge is 0.348 e. The van der Waals surface area contributed by atoms with Gasteiger partial charge in [0.05, 0.1) is 18.5 Å². The fraction of sp³-hybridized carbons (Fsp3) is 0.240. The minimum atomic E-state index is -0.406. The number of carbonyl (C=O) groups excluding carboxylic acids is 1. The summed E-state index contributed by atoms with van der Waals surface area (Å²) in [5.41, 5.74) is 3.93. The average molecular weight is 465 g/mol. The Bertz CT molecular complexity index is 1330. The lowest BCUT2D eigenvalue weighted by molar-refractivity contribution is 0.0531. The van der Waals surface area contributed by atoms with Gasteiger partial charge < -0.3 is 4.74 Å². The quantitative estimate of drug-likeness (QED) is 0.203. The number of esters is 1. The first-order valence-electron chi connectivity index (χ1n) is 10.4. The van der Waals surface area contributed by atoms with Crippen LogP contribution in [0.25, 0.3) is 10.2 Å². The molecule has 4 aromatic rings. The van der Waals surface area contributed by atoms with Crippen LogP contribution in [0, 0.1) is 13.8 Å². The fourth-order valence-corrected chi connectivity index (χ4v) is 5.71. The summed E-state index contributed by atoms with van der Waals surface area (Å²) >= 11 is 2.77. The molecule has 0 saturated heterocycles. The maximum Gasteiger partial charge on any atom is 0.348 e. The van der Waals surface area contributed by atoms with E-state index in [-0.39, 0.29) is 12.2 Å². The molecule has 32 heavy (non-hydrogen) atoms. The fourth-order valence-electron chi connectivity index (χ4n) is 3.52. The molecule has 0 spiro atoms. The van der Waals surface area contributed by atoms with E-state index in [0.717, 1.165) is 5.56 Å². The van der Waals surface area contributed by atoms with Crippen molar-refractivity contribution >= 4 is 39.3 Å². The number of nitrogens with zero attached hydrogens (tertiary/aromatic N) is 2. The van der Waals surface area contributed by atoms with Gasteiger partial charge in [-0.3, -0.25) is 9.36 Å². The van der Waals surface area contributed by atoms with E-state index in [2.05, 4.69) is 19.1 Å². The Balaban J connectivity index is 1.82. The predicted molar refractivity (Wildman–Crippen MR) is 131 cm³/mol. The van der Waals surface area contributed by atoms with Crippen LogP contribution in [-0.4, -0.2) is 22.1 Å². The Morgan fingerprint density at radius 1 is 1.09 bits per heavy atom. The highest BCUT2D eigenvalue weighted by atomic mass is 32.2. The maximum absolute atomic E-state index is 13.6. The first-order chi connectivity index (χ1) is 15.5. The summed E-state index contributed by atoms with van der Waals surface area (Å²) in [6.07, 6.45) is 0. The molecule has 0 aliphatic carbocycles. The second kappa shape index (κ2) is 9.71. The molecule has 4 rings (SSSR count). The minimum absolute atomic E-state index is 0.129. The summed E-state index contributed by atoms with van der Waals surface area (Å²) in [6, 6.07) is 18.1. The van der Waals surface area contributed by atoms with Crippen molar-refractivity contribution in [3.8, 4) is 0 Å². The van der Waals surface area contributed by atoms with Gasteiger partial charge in [0.15, 0.2) is 5.16 Å². The van der Waals surface area contributed by atoms with Gasteiger partial charge in [0.25, 0.3) is 5.56 Å². The Morgan fingerprint density at radius 3 is 2.53 bits per heavy atom. The van der Waals surface area contributed by atoms with Crippen molar-refractivity contribution in [2.24, 2.45) is 0 Å². The van der Waals surface area contributed by atoms with E-state index in [1.54, 1.807) is 18.4 Å². The SMILES string of the molecule is CCOC(=O)c1sc2nc(SCc3ccccc3C)n(Cc3ccccc3)c(=O)c2c1C. The molecule has 7 heteroatoms. The average Bonchev–Trinajstić information content (AvgIpc) is 3.13. The van der Waals surface area contributed by atoms with E-state index < -0.39 is 5.97 Å². The third-order valence-electron chi connectivity index (χ3n) is 5.28. The summed E-state index contributed by atoms with van der Waals surface area (Å²) < 4.78 is 6.90. The lowest BCUT2D eigenvalue weighted by Crippen LogP contribution is -2.24. The van der Waals surface area contributed by atoms with Crippen LogP contribution in [0.15, 0.2) is 64.5 Å². The van der Waals surface area contributed by atoms with Gasteiger partial charge in [-0.1, -0.05) is 66.4 Å². The number of thioether (sulfide) groups is 1. The zero-order valence-electron chi connectivity index (χ0n) is 18.3. The lowest BCUT2D eigenvalue weighted by atomic mass is 10.1. The molecule has 0 aliphatic heterocycles. The largest absolute Gasteiger partial charge is 0.462 e. The van der Waals surface area contributed by atoms with E-state index in [0.29, 0.717) is 38.1 Å². The van der Waals surface area contributed by atoms with Crippen LogP contribution < -0.4 is 5.56 Å². The van der Waals surface area contributed by atoms with E-state index in [1.807, 2.05) is 42.5 Å². The minimum Gasteiger partial charge on any atom is -0.462 e. The molecule has 0 N–H and O–H groups in total. The standard InChI is InChI=1S/C25H24N2O3S2/c1-4-30-24(29)21-17(3)20-22(32-21)26-25(31-15-19-13-9-8-10-16(19)2)27(23(20)28)14-18-11-6-5-7-12-18/h5-13H,4,14-15H2,1-3H3. The summed E-state index contributed by atoms with van der Waals surface area (Å²) in [5, 5.41) is 1.14. The Hall–Kier alpha value is -2.90. The Morgan fingerprint density at radius 2 is 1.81 bits per heavy atom. The highest BCUT2D eigenvalue weighted by Gasteiger charge is 2.22. The van der Waals surface area contributed by atoms with Gasteiger partial charge >= 0.3 is 5.97 Å². The number of rotatable bonds is 7. The third-order valence-corrected chi connectivity index (χ3v) is 7.47. The number of aromatic nitrogens is 2. The van der Waals surface area contributed by atoms with Crippen molar-refractivity contribution in [2.75, 3.05) is 6.61 Å². The number of hydrogen-bond acceptors (Lipinski definition) is 6. The predicted octanol–water partition coefficient (Wildman–Crippen LogP) is 5.59. The molecule has 0 saturated carbocycles. The van der Waals surface area contributed by atoms with Gasteiger partial charge in [-0.25, -0.2) is 9.78 Å². The summed E-state index contributed by atoms with van der Waals surface area (Å²) in [5.74, 6) is 0.297. The van der Waals surface area contributed by atoms with Gasteiger partial charge in [0.1, 0.15) is 9.71 Å². The molecule has 2 aromatic heterocycles. The van der Waals surface area contributed by atoms with Crippen molar-refractivity contribution in [1.82, 2.24) is 9.55 Å². The van der Waals surface area contributed by atoms with Gasteiger partial charge in [-0.05, 0) is 43.0 Å². The molecule has 0 fully saturated rings. The number of fused-ring (bicyclic) bond motifs is 1. The topological polar surface area (TPSA) is 61.2 Å². The van der Waals surface area contributed by atoms with E-state index in [4.69, 9.17) is 9.72 Å². The maximum atomic E-state index is 13.6. The number of carbonyl (C=O) groups is 1. The van der Waals surface area contributed by atoms with Crippen LogP contribution in [0.1, 0.15) is 38.8 Å². The molecule has 0 radical (unpaired) electrons. The molecular weight excluding hydrogens is 440 g/mol. The van der Waals surface area contributed by atoms with Crippen molar-refractivity contribution in [1.29, 1.82) is 0 Å². The highest BCUT2D eigenvalue weighted by molar-refractivity contribution is 7.98. The van der Waals surface area contributed by atoms with Gasteiger partial charge in [-0.2, -0.15) is 0 Å². The molecule has 2 heterocycles. The molecule has 0 unspecified atom stereocenters. The van der Waals surface area contributed by atoms with Crippen LogP contribution in [0.5, 0.6) is 0 Å². The number of hydrogen-bond donors (Lipinski definition) is 0. The molecule has 0 aliphatic rings. The van der Waals surface area contributed by atoms with Crippen molar-refractivity contribution in [3.63, 3.8) is 0 Å². The number of ether oxygens (including phenoxy) is 1. The van der Waals surface area contributed by atoms with Crippen LogP contribution in [-0.2, 0) is 17.0 Å². The van der Waals surface area contributed by atoms with E-state index in [1.165, 1.54) is 34.2 Å². The zero-order chi connectivity index (χ0) is 22.7. The normalized spacial score (nSPS) is 11.1. The van der Waals surface area contributed by atoms with Gasteiger partial charge in [-0.15, -0.1) is 11.3 Å². The molecule has 5 nitrogen and oxygen atoms in total. The van der Waals surface area contributed by atoms with Gasteiger partial charge in [0.2, 0.25) is 0 Å². The first-order valence-corrected chi connectivity index (χ1v) is 12.2. The molecular formula is C25H24N2O3S2.